The lowest BCUT2D eigenvalue weighted by molar-refractivity contribution is 0.476. The lowest BCUT2D eigenvalue weighted by Crippen LogP contribution is -2.18. The summed E-state index contributed by atoms with van der Waals surface area (Å²) in [4.78, 5) is 3.29. The molecule has 0 radical (unpaired) electrons. The molecule has 1 aromatic heterocycles. The van der Waals surface area contributed by atoms with Crippen LogP contribution in [0.15, 0.2) is 18.2 Å². The van der Waals surface area contributed by atoms with E-state index in [0.29, 0.717) is 5.75 Å². The Kier molecular flexibility index (Phi) is 2.40. The van der Waals surface area contributed by atoms with Gasteiger partial charge < -0.3 is 15.8 Å². The van der Waals surface area contributed by atoms with Crippen LogP contribution >= 0.6 is 0 Å². The van der Waals surface area contributed by atoms with Gasteiger partial charge in [-0.05, 0) is 44.0 Å². The first-order chi connectivity index (χ1) is 7.08. The molecule has 3 nitrogen and oxygen atoms in total. The summed E-state index contributed by atoms with van der Waals surface area (Å²) in [5.41, 5.74) is 9.20. The van der Waals surface area contributed by atoms with Crippen LogP contribution in [0.25, 0.3) is 10.9 Å². The summed E-state index contributed by atoms with van der Waals surface area (Å²) in [6, 6.07) is 5.50. The van der Waals surface area contributed by atoms with Crippen molar-refractivity contribution in [1.82, 2.24) is 4.98 Å². The first-order valence-electron chi connectivity index (χ1n) is 5.13. The van der Waals surface area contributed by atoms with Crippen molar-refractivity contribution in [2.45, 2.75) is 26.3 Å². The zero-order valence-electron chi connectivity index (χ0n) is 9.04. The van der Waals surface area contributed by atoms with Gasteiger partial charge in [-0.3, -0.25) is 0 Å². The van der Waals surface area contributed by atoms with Gasteiger partial charge in [0.15, 0.2) is 0 Å². The van der Waals surface area contributed by atoms with E-state index >= 15 is 0 Å². The van der Waals surface area contributed by atoms with Crippen molar-refractivity contribution >= 4 is 10.9 Å². The summed E-state index contributed by atoms with van der Waals surface area (Å²) in [6.45, 7) is 4.02. The highest BCUT2D eigenvalue weighted by Crippen LogP contribution is 2.26. The third kappa shape index (κ3) is 1.83. The number of aromatic amines is 1. The number of nitrogens with two attached hydrogens (primary N) is 1. The summed E-state index contributed by atoms with van der Waals surface area (Å²) < 4.78 is 0. The quantitative estimate of drug-likeness (QED) is 0.701. The zero-order chi connectivity index (χ0) is 11.0. The molecule has 1 aromatic carbocycles. The van der Waals surface area contributed by atoms with E-state index in [9.17, 15) is 5.11 Å². The van der Waals surface area contributed by atoms with E-state index in [1.165, 1.54) is 5.56 Å². The minimum atomic E-state index is 0.130. The van der Waals surface area contributed by atoms with Crippen molar-refractivity contribution in [1.29, 1.82) is 0 Å². The Hall–Kier alpha value is -1.48. The van der Waals surface area contributed by atoms with E-state index in [1.807, 2.05) is 19.9 Å². The zero-order valence-corrected chi connectivity index (χ0v) is 9.04. The Bertz CT molecular complexity index is 486. The number of aromatic nitrogens is 1. The van der Waals surface area contributed by atoms with Crippen LogP contribution in [-0.2, 0) is 6.42 Å². The minimum Gasteiger partial charge on any atom is -0.508 e. The molecule has 0 aliphatic heterocycles. The van der Waals surface area contributed by atoms with Crippen LogP contribution in [0.4, 0.5) is 0 Å². The normalized spacial score (nSPS) is 13.3. The standard InChI is InChI=1S/C12H16N2O/c1-7(13)5-10-8(2)14-12-4-3-9(15)6-11(10)12/h3-4,6-7,14-15H,5,13H2,1-2H3/t7-/m1/s1. The molecule has 0 fully saturated rings. The van der Waals surface area contributed by atoms with Crippen LogP contribution in [0.1, 0.15) is 18.2 Å². The Morgan fingerprint density at radius 1 is 1.47 bits per heavy atom. The molecule has 0 saturated carbocycles. The molecule has 0 aliphatic carbocycles. The van der Waals surface area contributed by atoms with E-state index in [0.717, 1.165) is 23.0 Å². The number of aryl methyl sites for hydroxylation is 1. The monoisotopic (exact) mass is 204 g/mol. The maximum Gasteiger partial charge on any atom is 0.116 e. The summed E-state index contributed by atoms with van der Waals surface area (Å²) in [5.74, 6) is 0.299. The summed E-state index contributed by atoms with van der Waals surface area (Å²) in [7, 11) is 0. The number of phenolic OH excluding ortho intramolecular Hbond substituents is 1. The number of rotatable bonds is 2. The fourth-order valence-corrected chi connectivity index (χ4v) is 1.96. The molecule has 3 heteroatoms. The van der Waals surface area contributed by atoms with Gasteiger partial charge in [-0.15, -0.1) is 0 Å². The van der Waals surface area contributed by atoms with Crippen LogP contribution in [0.3, 0.4) is 0 Å². The number of hydrogen-bond acceptors (Lipinski definition) is 2. The highest BCUT2D eigenvalue weighted by Gasteiger charge is 2.10. The van der Waals surface area contributed by atoms with Crippen molar-refractivity contribution in [2.75, 3.05) is 0 Å². The van der Waals surface area contributed by atoms with Gasteiger partial charge in [-0.2, -0.15) is 0 Å². The van der Waals surface area contributed by atoms with E-state index in [2.05, 4.69) is 4.98 Å². The predicted octanol–water partition coefficient (Wildman–Crippen LogP) is 2.07. The maximum atomic E-state index is 9.45. The Labute approximate surface area is 88.9 Å². The number of benzene rings is 1. The fourth-order valence-electron chi connectivity index (χ4n) is 1.96. The molecule has 1 heterocycles. The second-order valence-corrected chi connectivity index (χ2v) is 4.14. The summed E-state index contributed by atoms with van der Waals surface area (Å²) in [5, 5.41) is 10.5. The largest absolute Gasteiger partial charge is 0.508 e. The third-order valence-corrected chi connectivity index (χ3v) is 2.63. The molecule has 80 valence electrons. The molecule has 2 aromatic rings. The molecule has 0 aliphatic rings. The minimum absolute atomic E-state index is 0.130. The maximum absolute atomic E-state index is 9.45. The fraction of sp³-hybridized carbons (Fsp3) is 0.333. The topological polar surface area (TPSA) is 62.0 Å². The van der Waals surface area contributed by atoms with Crippen LogP contribution in [0.5, 0.6) is 5.75 Å². The highest BCUT2D eigenvalue weighted by molar-refractivity contribution is 5.86. The lowest BCUT2D eigenvalue weighted by Gasteiger charge is -2.05. The summed E-state index contributed by atoms with van der Waals surface area (Å²) >= 11 is 0. The average Bonchev–Trinajstić information content (AvgIpc) is 2.43. The number of aromatic hydroxyl groups is 1. The molecule has 2 rings (SSSR count). The van der Waals surface area contributed by atoms with E-state index in [1.54, 1.807) is 12.1 Å². The van der Waals surface area contributed by atoms with Gasteiger partial charge in [0.1, 0.15) is 5.75 Å². The van der Waals surface area contributed by atoms with Gasteiger partial charge in [-0.25, -0.2) is 0 Å². The lowest BCUT2D eigenvalue weighted by atomic mass is 10.0. The van der Waals surface area contributed by atoms with Crippen molar-refractivity contribution in [3.05, 3.63) is 29.5 Å². The predicted molar refractivity (Wildman–Crippen MR) is 62.1 cm³/mol. The summed E-state index contributed by atoms with van der Waals surface area (Å²) in [6.07, 6.45) is 0.829. The van der Waals surface area contributed by atoms with Gasteiger partial charge >= 0.3 is 0 Å². The molecule has 0 unspecified atom stereocenters. The molecule has 0 bridgehead atoms. The molecule has 15 heavy (non-hydrogen) atoms. The molecular formula is C12H16N2O. The van der Waals surface area contributed by atoms with Crippen molar-refractivity contribution < 1.29 is 5.11 Å². The average molecular weight is 204 g/mol. The molecular weight excluding hydrogens is 188 g/mol. The third-order valence-electron chi connectivity index (χ3n) is 2.63. The van der Waals surface area contributed by atoms with Gasteiger partial charge in [0.25, 0.3) is 0 Å². The Balaban J connectivity index is 2.60. The number of nitrogens with one attached hydrogen (secondary N) is 1. The van der Waals surface area contributed by atoms with E-state index in [4.69, 9.17) is 5.73 Å². The van der Waals surface area contributed by atoms with Crippen molar-refractivity contribution in [3.63, 3.8) is 0 Å². The second-order valence-electron chi connectivity index (χ2n) is 4.14. The molecule has 0 amide bonds. The molecule has 0 saturated heterocycles. The van der Waals surface area contributed by atoms with Crippen molar-refractivity contribution in [2.24, 2.45) is 5.73 Å². The Morgan fingerprint density at radius 3 is 2.87 bits per heavy atom. The first-order valence-corrected chi connectivity index (χ1v) is 5.13. The second kappa shape index (κ2) is 3.59. The SMILES string of the molecule is Cc1[nH]c2ccc(O)cc2c1C[C@@H](C)N. The van der Waals surface area contributed by atoms with Gasteiger partial charge in [-0.1, -0.05) is 0 Å². The van der Waals surface area contributed by atoms with Gasteiger partial charge in [0.05, 0.1) is 0 Å². The highest BCUT2D eigenvalue weighted by atomic mass is 16.3. The molecule has 0 spiro atoms. The Morgan fingerprint density at radius 2 is 2.20 bits per heavy atom. The van der Waals surface area contributed by atoms with Crippen LogP contribution < -0.4 is 5.73 Å². The first kappa shape index (κ1) is 10.1. The van der Waals surface area contributed by atoms with E-state index in [-0.39, 0.29) is 6.04 Å². The number of phenols is 1. The van der Waals surface area contributed by atoms with Crippen LogP contribution in [-0.4, -0.2) is 16.1 Å². The van der Waals surface area contributed by atoms with Gasteiger partial charge in [0.2, 0.25) is 0 Å². The van der Waals surface area contributed by atoms with Crippen LogP contribution in [0.2, 0.25) is 0 Å². The van der Waals surface area contributed by atoms with Crippen molar-refractivity contribution in [3.8, 4) is 5.75 Å². The van der Waals surface area contributed by atoms with E-state index < -0.39 is 0 Å². The smallest absolute Gasteiger partial charge is 0.116 e. The number of fused-ring (bicyclic) bond motifs is 1. The van der Waals surface area contributed by atoms with Crippen LogP contribution in [0, 0.1) is 6.92 Å². The van der Waals surface area contributed by atoms with Gasteiger partial charge in [0, 0.05) is 22.6 Å². The molecule has 1 atom stereocenters. The number of hydrogen-bond donors (Lipinski definition) is 3. The molecule has 4 N–H and O–H groups in total. The number of H-pyrrole nitrogens is 1.